The summed E-state index contributed by atoms with van der Waals surface area (Å²) in [4.78, 5) is 24.1. The van der Waals surface area contributed by atoms with Gasteiger partial charge in [-0.05, 0) is 51.3 Å². The smallest absolute Gasteiger partial charge is 0.276 e. The molecule has 4 rings (SSSR count). The van der Waals surface area contributed by atoms with E-state index in [2.05, 4.69) is 20.3 Å². The Balaban J connectivity index is 1.66. The number of rotatable bonds is 5. The Morgan fingerprint density at radius 3 is 2.41 bits per heavy atom. The first kappa shape index (κ1) is 19.6. The molecule has 0 N–H and O–H groups in total. The highest BCUT2D eigenvalue weighted by Gasteiger charge is 2.26. The van der Waals surface area contributed by atoms with Crippen LogP contribution in [0, 0.1) is 13.8 Å². The van der Waals surface area contributed by atoms with Gasteiger partial charge >= 0.3 is 0 Å². The third-order valence-corrected chi connectivity index (χ3v) is 5.77. The first-order valence-electron chi connectivity index (χ1n) is 9.86. The maximum atomic E-state index is 13.2. The second kappa shape index (κ2) is 8.73. The summed E-state index contributed by atoms with van der Waals surface area (Å²) in [6, 6.07) is 11.7. The number of aromatic nitrogens is 5. The Morgan fingerprint density at radius 2 is 1.72 bits per heavy atom. The van der Waals surface area contributed by atoms with Crippen LogP contribution >= 0.6 is 11.8 Å². The quantitative estimate of drug-likeness (QED) is 0.474. The van der Waals surface area contributed by atoms with E-state index >= 15 is 0 Å². The van der Waals surface area contributed by atoms with Crippen molar-refractivity contribution >= 4 is 17.7 Å². The van der Waals surface area contributed by atoms with E-state index in [1.807, 2.05) is 55.1 Å². The summed E-state index contributed by atoms with van der Waals surface area (Å²) in [6.07, 6.45) is 3.26. The molecule has 0 atom stereocenters. The molecule has 1 amide bonds. The van der Waals surface area contributed by atoms with E-state index in [-0.39, 0.29) is 5.91 Å². The molecule has 1 aliphatic heterocycles. The zero-order valence-corrected chi connectivity index (χ0v) is 17.5. The average molecular weight is 409 g/mol. The molecule has 0 radical (unpaired) electrons. The van der Waals surface area contributed by atoms with Crippen LogP contribution in [0.2, 0.25) is 0 Å². The molecule has 150 valence electrons. The number of carbonyl (C=O) groups excluding carboxylic acids is 1. The van der Waals surface area contributed by atoms with Crippen molar-refractivity contribution in [2.45, 2.75) is 44.0 Å². The van der Waals surface area contributed by atoms with Gasteiger partial charge in [0.25, 0.3) is 5.91 Å². The molecule has 0 bridgehead atoms. The maximum Gasteiger partial charge on any atom is 0.276 e. The van der Waals surface area contributed by atoms with Crippen LogP contribution < -0.4 is 0 Å². The maximum absolute atomic E-state index is 13.2. The molecule has 3 aromatic rings. The van der Waals surface area contributed by atoms with Crippen LogP contribution in [0.5, 0.6) is 0 Å². The third kappa shape index (κ3) is 4.48. The summed E-state index contributed by atoms with van der Waals surface area (Å²) >= 11 is 1.50. The van der Waals surface area contributed by atoms with E-state index < -0.39 is 0 Å². The standard InChI is InChI=1S/C21H24N6OS/c1-15-13-16(2)23-21(22-15)29-14-18-19(20(28)26-11-7-4-8-12-26)24-25-27(18)17-9-5-3-6-10-17/h3,5-6,9-10,13H,4,7-8,11-12,14H2,1-2H3. The first-order chi connectivity index (χ1) is 14.1. The van der Waals surface area contributed by atoms with Gasteiger partial charge in [-0.3, -0.25) is 4.79 Å². The molecular weight excluding hydrogens is 384 g/mol. The highest BCUT2D eigenvalue weighted by Crippen LogP contribution is 2.25. The highest BCUT2D eigenvalue weighted by molar-refractivity contribution is 7.98. The van der Waals surface area contributed by atoms with Crippen LogP contribution in [0.15, 0.2) is 41.6 Å². The van der Waals surface area contributed by atoms with Gasteiger partial charge in [0.15, 0.2) is 10.9 Å². The predicted octanol–water partition coefficient (Wildman–Crippen LogP) is 3.59. The van der Waals surface area contributed by atoms with E-state index in [4.69, 9.17) is 0 Å². The van der Waals surface area contributed by atoms with Gasteiger partial charge in [-0.1, -0.05) is 35.2 Å². The number of carbonyl (C=O) groups is 1. The number of benzene rings is 1. The van der Waals surface area contributed by atoms with Crippen molar-refractivity contribution in [3.63, 3.8) is 0 Å². The fraction of sp³-hybridized carbons (Fsp3) is 0.381. The molecule has 0 spiro atoms. The van der Waals surface area contributed by atoms with Gasteiger partial charge in [0.05, 0.1) is 11.4 Å². The van der Waals surface area contributed by atoms with Gasteiger partial charge in [0, 0.05) is 30.2 Å². The Kier molecular flexibility index (Phi) is 5.89. The summed E-state index contributed by atoms with van der Waals surface area (Å²) in [7, 11) is 0. The normalized spacial score (nSPS) is 14.2. The highest BCUT2D eigenvalue weighted by atomic mass is 32.2. The van der Waals surface area contributed by atoms with Gasteiger partial charge in [0.1, 0.15) is 0 Å². The zero-order chi connectivity index (χ0) is 20.2. The number of piperidine rings is 1. The second-order valence-electron chi connectivity index (χ2n) is 7.21. The van der Waals surface area contributed by atoms with Crippen LogP contribution in [0.4, 0.5) is 0 Å². The molecule has 1 aliphatic rings. The van der Waals surface area contributed by atoms with E-state index in [0.717, 1.165) is 48.7 Å². The molecule has 1 fully saturated rings. The molecule has 1 saturated heterocycles. The Bertz CT molecular complexity index is 977. The lowest BCUT2D eigenvalue weighted by atomic mass is 10.1. The number of amides is 1. The fourth-order valence-electron chi connectivity index (χ4n) is 3.51. The summed E-state index contributed by atoms with van der Waals surface area (Å²) < 4.78 is 1.76. The van der Waals surface area contributed by atoms with Crippen molar-refractivity contribution in [3.8, 4) is 5.69 Å². The molecular formula is C21H24N6OS. The Morgan fingerprint density at radius 1 is 1.03 bits per heavy atom. The first-order valence-corrected chi connectivity index (χ1v) is 10.8. The van der Waals surface area contributed by atoms with Gasteiger partial charge in [-0.2, -0.15) is 0 Å². The Labute approximate surface area is 174 Å². The molecule has 2 aromatic heterocycles. The van der Waals surface area contributed by atoms with Crippen molar-refractivity contribution in [1.82, 2.24) is 29.9 Å². The van der Waals surface area contributed by atoms with Crippen LogP contribution in [0.1, 0.15) is 46.8 Å². The van der Waals surface area contributed by atoms with Crippen molar-refractivity contribution in [2.75, 3.05) is 13.1 Å². The van der Waals surface area contributed by atoms with Crippen molar-refractivity contribution in [3.05, 3.63) is 59.2 Å². The van der Waals surface area contributed by atoms with E-state index in [0.29, 0.717) is 16.6 Å². The van der Waals surface area contributed by atoms with Gasteiger partial charge in [-0.25, -0.2) is 14.6 Å². The number of likely N-dealkylation sites (tertiary alicyclic amines) is 1. The minimum Gasteiger partial charge on any atom is -0.337 e. The zero-order valence-electron chi connectivity index (χ0n) is 16.7. The topological polar surface area (TPSA) is 76.8 Å². The van der Waals surface area contributed by atoms with Gasteiger partial charge in [0.2, 0.25) is 0 Å². The van der Waals surface area contributed by atoms with Crippen LogP contribution in [0.25, 0.3) is 5.69 Å². The predicted molar refractivity (Wildman–Crippen MR) is 112 cm³/mol. The lowest BCUT2D eigenvalue weighted by Crippen LogP contribution is -2.36. The largest absolute Gasteiger partial charge is 0.337 e. The second-order valence-corrected chi connectivity index (χ2v) is 8.15. The third-order valence-electron chi connectivity index (χ3n) is 4.91. The number of thioether (sulfide) groups is 1. The molecule has 3 heterocycles. The van der Waals surface area contributed by atoms with Crippen molar-refractivity contribution < 1.29 is 4.79 Å². The molecule has 1 aromatic carbocycles. The van der Waals surface area contributed by atoms with E-state index in [9.17, 15) is 4.79 Å². The van der Waals surface area contributed by atoms with Crippen LogP contribution in [-0.2, 0) is 5.75 Å². The Hall–Kier alpha value is -2.74. The molecule has 0 unspecified atom stereocenters. The number of hydrogen-bond donors (Lipinski definition) is 0. The van der Waals surface area contributed by atoms with Crippen LogP contribution in [0.3, 0.4) is 0 Å². The van der Waals surface area contributed by atoms with E-state index in [1.54, 1.807) is 4.68 Å². The van der Waals surface area contributed by atoms with Gasteiger partial charge < -0.3 is 4.90 Å². The lowest BCUT2D eigenvalue weighted by molar-refractivity contribution is 0.0717. The van der Waals surface area contributed by atoms with Crippen molar-refractivity contribution in [2.24, 2.45) is 0 Å². The minimum atomic E-state index is -0.0381. The minimum absolute atomic E-state index is 0.0381. The summed E-state index contributed by atoms with van der Waals surface area (Å²) in [5.41, 5.74) is 3.94. The number of hydrogen-bond acceptors (Lipinski definition) is 6. The van der Waals surface area contributed by atoms with Gasteiger partial charge in [-0.15, -0.1) is 5.10 Å². The molecule has 29 heavy (non-hydrogen) atoms. The fourth-order valence-corrected chi connectivity index (χ4v) is 4.45. The molecule has 0 aliphatic carbocycles. The summed E-state index contributed by atoms with van der Waals surface area (Å²) in [5.74, 6) is 0.475. The SMILES string of the molecule is Cc1cc(C)nc(SCc2c(C(=O)N3CCCCC3)nnn2-c2ccccc2)n1. The number of para-hydroxylation sites is 1. The summed E-state index contributed by atoms with van der Waals surface area (Å²) in [5, 5.41) is 9.29. The number of nitrogens with zero attached hydrogens (tertiary/aromatic N) is 6. The number of aryl methyl sites for hydroxylation is 2. The van der Waals surface area contributed by atoms with Crippen molar-refractivity contribution in [1.29, 1.82) is 0 Å². The lowest BCUT2D eigenvalue weighted by Gasteiger charge is -2.26. The monoisotopic (exact) mass is 408 g/mol. The molecule has 8 heteroatoms. The van der Waals surface area contributed by atoms with E-state index in [1.165, 1.54) is 18.2 Å². The summed E-state index contributed by atoms with van der Waals surface area (Å²) in [6.45, 7) is 5.48. The molecule has 0 saturated carbocycles. The molecule has 7 nitrogen and oxygen atoms in total. The average Bonchev–Trinajstić information content (AvgIpc) is 3.16. The van der Waals surface area contributed by atoms with Crippen LogP contribution in [-0.4, -0.2) is 48.9 Å².